The van der Waals surface area contributed by atoms with Crippen molar-refractivity contribution >= 4 is 33.3 Å². The predicted octanol–water partition coefficient (Wildman–Crippen LogP) is 3.30. The third kappa shape index (κ3) is 2.43. The van der Waals surface area contributed by atoms with Crippen LogP contribution in [0.1, 0.15) is 17.0 Å². The minimum atomic E-state index is -0.751. The van der Waals surface area contributed by atoms with Gasteiger partial charge in [0.05, 0.1) is 11.3 Å². The Bertz CT molecular complexity index is 894. The third-order valence-corrected chi connectivity index (χ3v) is 5.70. The van der Waals surface area contributed by atoms with Gasteiger partial charge in [-0.3, -0.25) is 4.79 Å². The van der Waals surface area contributed by atoms with Crippen molar-refractivity contribution in [1.82, 2.24) is 9.97 Å². The maximum atomic E-state index is 11.8. The molecule has 0 radical (unpaired) electrons. The van der Waals surface area contributed by atoms with Crippen LogP contribution in [0.25, 0.3) is 10.2 Å². The number of carbonyl (C=O) groups is 1. The van der Waals surface area contributed by atoms with Crippen molar-refractivity contribution < 1.29 is 9.90 Å². The van der Waals surface area contributed by atoms with E-state index < -0.39 is 11.9 Å². The number of aryl methyl sites for hydroxylation is 1. The molecule has 1 aliphatic rings. The molecule has 1 aromatic carbocycles. The zero-order chi connectivity index (χ0) is 16.7. The van der Waals surface area contributed by atoms with Crippen LogP contribution in [0.3, 0.4) is 0 Å². The second-order valence-electron chi connectivity index (χ2n) is 6.16. The molecule has 3 aromatic rings. The molecular formula is C18H17N3O2S. The molecule has 24 heavy (non-hydrogen) atoms. The Morgan fingerprint density at radius 1 is 1.25 bits per heavy atom. The average molecular weight is 339 g/mol. The summed E-state index contributed by atoms with van der Waals surface area (Å²) in [5.41, 5.74) is 2.21. The van der Waals surface area contributed by atoms with Gasteiger partial charge in [0.1, 0.15) is 17.0 Å². The third-order valence-electron chi connectivity index (χ3n) is 4.70. The van der Waals surface area contributed by atoms with E-state index in [0.29, 0.717) is 13.1 Å². The number of benzene rings is 1. The summed E-state index contributed by atoms with van der Waals surface area (Å²) in [5.74, 6) is -0.369. The molecule has 122 valence electrons. The van der Waals surface area contributed by atoms with E-state index in [9.17, 15) is 9.90 Å². The topological polar surface area (TPSA) is 66.3 Å². The molecule has 1 saturated heterocycles. The molecule has 0 bridgehead atoms. The zero-order valence-corrected chi connectivity index (χ0v) is 14.0. The summed E-state index contributed by atoms with van der Waals surface area (Å²) in [4.78, 5) is 23.6. The molecular weight excluding hydrogens is 322 g/mol. The van der Waals surface area contributed by atoms with E-state index in [-0.39, 0.29) is 5.92 Å². The number of carboxylic acid groups (broad SMARTS) is 1. The van der Waals surface area contributed by atoms with Gasteiger partial charge in [-0.15, -0.1) is 11.3 Å². The second kappa shape index (κ2) is 5.87. The summed E-state index contributed by atoms with van der Waals surface area (Å²) >= 11 is 1.60. The summed E-state index contributed by atoms with van der Waals surface area (Å²) in [6.45, 7) is 3.17. The Morgan fingerprint density at radius 3 is 2.79 bits per heavy atom. The van der Waals surface area contributed by atoms with Crippen LogP contribution in [0, 0.1) is 12.8 Å². The standard InChI is InChI=1S/C18H17N3O2S/c1-11-9-24-17-15(11)16(19-10-20-17)21-7-13(14(8-21)18(22)23)12-5-3-2-4-6-12/h2-6,9-10,13-14H,7-8H2,1H3,(H,22,23)/t13-,14+/m1/s1. The number of rotatable bonds is 3. The molecule has 1 aliphatic heterocycles. The lowest BCUT2D eigenvalue weighted by Crippen LogP contribution is -2.24. The van der Waals surface area contributed by atoms with Gasteiger partial charge in [-0.05, 0) is 23.4 Å². The van der Waals surface area contributed by atoms with Gasteiger partial charge in [-0.1, -0.05) is 30.3 Å². The maximum absolute atomic E-state index is 11.8. The summed E-state index contributed by atoms with van der Waals surface area (Å²) in [6.07, 6.45) is 1.57. The van der Waals surface area contributed by atoms with E-state index in [0.717, 1.165) is 27.2 Å². The molecule has 2 aromatic heterocycles. The van der Waals surface area contributed by atoms with E-state index in [2.05, 4.69) is 20.2 Å². The highest BCUT2D eigenvalue weighted by Gasteiger charge is 2.39. The summed E-state index contributed by atoms with van der Waals surface area (Å²) in [7, 11) is 0. The number of thiophene rings is 1. The molecule has 6 heteroatoms. The molecule has 1 fully saturated rings. The first-order valence-electron chi connectivity index (χ1n) is 7.86. The zero-order valence-electron chi connectivity index (χ0n) is 13.2. The van der Waals surface area contributed by atoms with Gasteiger partial charge in [0.15, 0.2) is 0 Å². The van der Waals surface area contributed by atoms with Gasteiger partial charge in [-0.2, -0.15) is 0 Å². The lowest BCUT2D eigenvalue weighted by atomic mass is 9.89. The Morgan fingerprint density at radius 2 is 2.04 bits per heavy atom. The largest absolute Gasteiger partial charge is 0.481 e. The number of nitrogens with zero attached hydrogens (tertiary/aromatic N) is 3. The first-order valence-corrected chi connectivity index (χ1v) is 8.74. The lowest BCUT2D eigenvalue weighted by Gasteiger charge is -2.18. The van der Waals surface area contributed by atoms with Crippen LogP contribution in [0.15, 0.2) is 42.0 Å². The molecule has 5 nitrogen and oxygen atoms in total. The van der Waals surface area contributed by atoms with Crippen molar-refractivity contribution in [1.29, 1.82) is 0 Å². The fraction of sp³-hybridized carbons (Fsp3) is 0.278. The Labute approximate surface area is 143 Å². The number of hydrogen-bond donors (Lipinski definition) is 1. The first kappa shape index (κ1) is 15.1. The van der Waals surface area contributed by atoms with Crippen LogP contribution in [0.4, 0.5) is 5.82 Å². The van der Waals surface area contributed by atoms with Crippen LogP contribution < -0.4 is 4.90 Å². The monoisotopic (exact) mass is 339 g/mol. The van der Waals surface area contributed by atoms with Gasteiger partial charge in [-0.25, -0.2) is 9.97 Å². The minimum absolute atomic E-state index is 0.0346. The predicted molar refractivity (Wildman–Crippen MR) is 94.7 cm³/mol. The van der Waals surface area contributed by atoms with Crippen LogP contribution in [0.5, 0.6) is 0 Å². The minimum Gasteiger partial charge on any atom is -0.481 e. The van der Waals surface area contributed by atoms with Gasteiger partial charge in [0.25, 0.3) is 0 Å². The number of aliphatic carboxylic acids is 1. The molecule has 0 spiro atoms. The van der Waals surface area contributed by atoms with Crippen LogP contribution in [-0.4, -0.2) is 34.1 Å². The molecule has 0 unspecified atom stereocenters. The summed E-state index contributed by atoms with van der Waals surface area (Å²) in [6, 6.07) is 9.89. The number of hydrogen-bond acceptors (Lipinski definition) is 5. The van der Waals surface area contributed by atoms with Crippen molar-refractivity contribution in [3.05, 3.63) is 53.2 Å². The van der Waals surface area contributed by atoms with Crippen LogP contribution >= 0.6 is 11.3 Å². The van der Waals surface area contributed by atoms with Crippen LogP contribution in [0.2, 0.25) is 0 Å². The molecule has 2 atom stereocenters. The lowest BCUT2D eigenvalue weighted by molar-refractivity contribution is -0.141. The molecule has 0 amide bonds. The number of fused-ring (bicyclic) bond motifs is 1. The molecule has 0 aliphatic carbocycles. The summed E-state index contributed by atoms with van der Waals surface area (Å²) < 4.78 is 0. The molecule has 0 saturated carbocycles. The van der Waals surface area contributed by atoms with E-state index in [4.69, 9.17) is 0 Å². The van der Waals surface area contributed by atoms with Gasteiger partial charge < -0.3 is 10.0 Å². The second-order valence-corrected chi connectivity index (χ2v) is 7.02. The Hall–Kier alpha value is -2.47. The highest BCUT2D eigenvalue weighted by molar-refractivity contribution is 7.17. The molecule has 1 N–H and O–H groups in total. The van der Waals surface area contributed by atoms with Crippen molar-refractivity contribution in [2.75, 3.05) is 18.0 Å². The van der Waals surface area contributed by atoms with Crippen molar-refractivity contribution in [2.24, 2.45) is 5.92 Å². The van der Waals surface area contributed by atoms with Gasteiger partial charge in [0, 0.05) is 19.0 Å². The van der Waals surface area contributed by atoms with Gasteiger partial charge in [0.2, 0.25) is 0 Å². The van der Waals surface area contributed by atoms with Crippen molar-refractivity contribution in [2.45, 2.75) is 12.8 Å². The van der Waals surface area contributed by atoms with Crippen molar-refractivity contribution in [3.63, 3.8) is 0 Å². The number of carboxylic acids is 1. The van der Waals surface area contributed by atoms with E-state index in [1.807, 2.05) is 37.3 Å². The Balaban J connectivity index is 1.75. The fourth-order valence-corrected chi connectivity index (χ4v) is 4.39. The molecule has 4 rings (SSSR count). The first-order chi connectivity index (χ1) is 11.6. The van der Waals surface area contributed by atoms with E-state index in [1.165, 1.54) is 0 Å². The van der Waals surface area contributed by atoms with Crippen LogP contribution in [-0.2, 0) is 4.79 Å². The summed E-state index contributed by atoms with van der Waals surface area (Å²) in [5, 5.41) is 12.8. The smallest absolute Gasteiger partial charge is 0.308 e. The SMILES string of the molecule is Cc1csc2ncnc(N3C[C@H](C(=O)O)[C@@H](c4ccccc4)C3)c12. The van der Waals surface area contributed by atoms with Crippen molar-refractivity contribution in [3.8, 4) is 0 Å². The highest BCUT2D eigenvalue weighted by atomic mass is 32.1. The average Bonchev–Trinajstić information content (AvgIpc) is 3.20. The molecule has 3 heterocycles. The highest BCUT2D eigenvalue weighted by Crippen LogP contribution is 2.38. The maximum Gasteiger partial charge on any atom is 0.308 e. The normalized spacial score (nSPS) is 20.6. The number of anilines is 1. The quantitative estimate of drug-likeness (QED) is 0.793. The van der Waals surface area contributed by atoms with E-state index >= 15 is 0 Å². The van der Waals surface area contributed by atoms with E-state index in [1.54, 1.807) is 17.7 Å². The Kier molecular flexibility index (Phi) is 3.69. The van der Waals surface area contributed by atoms with Gasteiger partial charge >= 0.3 is 5.97 Å². The fourth-order valence-electron chi connectivity index (χ4n) is 3.50. The number of aromatic nitrogens is 2.